The average molecular weight is 246 g/mol. The summed E-state index contributed by atoms with van der Waals surface area (Å²) in [5, 5.41) is 0. The minimum Gasteiger partial charge on any atom is -0.240 e. The molecule has 0 heterocycles. The second-order valence-corrected chi connectivity index (χ2v) is 3.24. The van der Waals surface area contributed by atoms with Crippen LogP contribution in [-0.2, 0) is 0 Å². The highest BCUT2D eigenvalue weighted by Gasteiger charge is 2.47. The van der Waals surface area contributed by atoms with Gasteiger partial charge in [-0.3, -0.25) is 0 Å². The molecule has 0 aromatic carbocycles. The van der Waals surface area contributed by atoms with E-state index < -0.39 is 30.4 Å². The van der Waals surface area contributed by atoms with E-state index in [0.717, 1.165) is 0 Å². The lowest BCUT2D eigenvalue weighted by molar-refractivity contribution is -0.0634. The molecule has 0 saturated carbocycles. The number of rotatable bonds is 7. The lowest BCUT2D eigenvalue weighted by atomic mass is 10.1. The molecule has 0 aliphatic rings. The molecule has 16 heavy (non-hydrogen) atoms. The molecule has 0 bridgehead atoms. The van der Waals surface area contributed by atoms with E-state index in [9.17, 15) is 26.3 Å². The van der Waals surface area contributed by atoms with Gasteiger partial charge in [-0.2, -0.15) is 22.0 Å². The van der Waals surface area contributed by atoms with Gasteiger partial charge < -0.3 is 0 Å². The summed E-state index contributed by atoms with van der Waals surface area (Å²) < 4.78 is 73.6. The lowest BCUT2D eigenvalue weighted by Gasteiger charge is -2.18. The summed E-state index contributed by atoms with van der Waals surface area (Å²) in [4.78, 5) is 0. The molecular formula is C10H12F6. The molecule has 0 radical (unpaired) electrons. The van der Waals surface area contributed by atoms with E-state index in [2.05, 4.69) is 6.58 Å². The van der Waals surface area contributed by atoms with Crippen molar-refractivity contribution < 1.29 is 26.3 Å². The summed E-state index contributed by atoms with van der Waals surface area (Å²) in [6.45, 7) is 3.37. The largest absolute Gasteiger partial charge is 0.334 e. The summed E-state index contributed by atoms with van der Waals surface area (Å²) in [5.41, 5.74) is 0. The van der Waals surface area contributed by atoms with Gasteiger partial charge in [-0.1, -0.05) is 6.08 Å². The summed E-state index contributed by atoms with van der Waals surface area (Å²) in [6, 6.07) is 0. The molecule has 0 amide bonds. The normalized spacial score (nSPS) is 13.4. The van der Waals surface area contributed by atoms with Crippen LogP contribution in [0.4, 0.5) is 26.3 Å². The number of unbranched alkanes of at least 4 members (excludes halogenated alkanes) is 2. The van der Waals surface area contributed by atoms with Gasteiger partial charge in [0.25, 0.3) is 0 Å². The van der Waals surface area contributed by atoms with Crippen LogP contribution < -0.4 is 0 Å². The lowest BCUT2D eigenvalue weighted by Crippen LogP contribution is -2.31. The molecule has 0 aliphatic carbocycles. The van der Waals surface area contributed by atoms with Crippen LogP contribution in [0.2, 0.25) is 0 Å². The maximum Gasteiger partial charge on any atom is 0.334 e. The first kappa shape index (κ1) is 15.1. The van der Waals surface area contributed by atoms with Crippen LogP contribution in [0.1, 0.15) is 25.7 Å². The highest BCUT2D eigenvalue weighted by Crippen LogP contribution is 2.36. The van der Waals surface area contributed by atoms with Gasteiger partial charge in [-0.05, 0) is 25.7 Å². The van der Waals surface area contributed by atoms with Gasteiger partial charge in [0.05, 0.1) is 0 Å². The molecule has 1 atom stereocenters. The fourth-order valence-electron chi connectivity index (χ4n) is 1.06. The molecule has 0 aromatic heterocycles. The third kappa shape index (κ3) is 4.28. The Balaban J connectivity index is 4.30. The van der Waals surface area contributed by atoms with Crippen LogP contribution in [-0.4, -0.2) is 12.1 Å². The molecule has 0 fully saturated rings. The Bertz CT molecular complexity index is 254. The predicted molar refractivity (Wildman–Crippen MR) is 48.9 cm³/mol. The maximum absolute atomic E-state index is 12.8. The van der Waals surface area contributed by atoms with Crippen molar-refractivity contribution in [1.29, 1.82) is 0 Å². The van der Waals surface area contributed by atoms with E-state index in [1.807, 2.05) is 0 Å². The van der Waals surface area contributed by atoms with Crippen molar-refractivity contribution in [3.8, 4) is 0 Å². The molecule has 6 heteroatoms. The number of alkyl halides is 3. The Morgan fingerprint density at radius 3 is 2.19 bits per heavy atom. The standard InChI is InChI=1S/C10H12F6/c1-2-3-4-5-6-7(11)10(15,16)8(12)9(13)14/h2,7H,1,3-6H2. The van der Waals surface area contributed by atoms with Gasteiger partial charge in [-0.15, -0.1) is 6.58 Å². The van der Waals surface area contributed by atoms with Crippen LogP contribution >= 0.6 is 0 Å². The van der Waals surface area contributed by atoms with Crippen LogP contribution in [0.5, 0.6) is 0 Å². The third-order valence-electron chi connectivity index (χ3n) is 1.97. The van der Waals surface area contributed by atoms with E-state index in [0.29, 0.717) is 12.8 Å². The first-order chi connectivity index (χ1) is 7.34. The number of allylic oxidation sites excluding steroid dienone is 2. The number of hydrogen-bond donors (Lipinski definition) is 0. The van der Waals surface area contributed by atoms with Gasteiger partial charge in [0, 0.05) is 0 Å². The Morgan fingerprint density at radius 2 is 1.75 bits per heavy atom. The van der Waals surface area contributed by atoms with E-state index in [1.165, 1.54) is 6.08 Å². The van der Waals surface area contributed by atoms with E-state index >= 15 is 0 Å². The monoisotopic (exact) mass is 246 g/mol. The summed E-state index contributed by atoms with van der Waals surface area (Å²) in [6.07, 6.45) is -4.28. The second kappa shape index (κ2) is 6.60. The first-order valence-corrected chi connectivity index (χ1v) is 4.68. The van der Waals surface area contributed by atoms with Crippen molar-refractivity contribution in [1.82, 2.24) is 0 Å². The fraction of sp³-hybridized carbons (Fsp3) is 0.600. The van der Waals surface area contributed by atoms with Gasteiger partial charge >= 0.3 is 12.0 Å². The molecule has 0 spiro atoms. The first-order valence-electron chi connectivity index (χ1n) is 4.68. The minimum atomic E-state index is -4.74. The predicted octanol–water partition coefficient (Wildman–Crippen LogP) is 4.78. The summed E-state index contributed by atoms with van der Waals surface area (Å²) in [7, 11) is 0. The Labute approximate surface area is 89.6 Å². The topological polar surface area (TPSA) is 0 Å². The molecule has 94 valence electrons. The van der Waals surface area contributed by atoms with Crippen LogP contribution in [0.15, 0.2) is 24.6 Å². The van der Waals surface area contributed by atoms with Crippen molar-refractivity contribution >= 4 is 0 Å². The Morgan fingerprint density at radius 1 is 1.19 bits per heavy atom. The zero-order chi connectivity index (χ0) is 12.8. The van der Waals surface area contributed by atoms with Gasteiger partial charge in [0.2, 0.25) is 5.83 Å². The van der Waals surface area contributed by atoms with Gasteiger partial charge in [0.15, 0.2) is 6.17 Å². The molecular weight excluding hydrogens is 234 g/mol. The zero-order valence-electron chi connectivity index (χ0n) is 8.46. The molecule has 0 N–H and O–H groups in total. The maximum atomic E-state index is 12.8. The molecule has 1 unspecified atom stereocenters. The van der Waals surface area contributed by atoms with E-state index in [4.69, 9.17) is 0 Å². The van der Waals surface area contributed by atoms with E-state index in [1.54, 1.807) is 0 Å². The SMILES string of the molecule is C=CCCCCC(F)C(F)(F)C(F)=C(F)F. The highest BCUT2D eigenvalue weighted by atomic mass is 19.3. The minimum absolute atomic E-state index is 0.0595. The van der Waals surface area contributed by atoms with E-state index in [-0.39, 0.29) is 6.42 Å². The van der Waals surface area contributed by atoms with Crippen LogP contribution in [0.3, 0.4) is 0 Å². The number of halogens is 6. The van der Waals surface area contributed by atoms with Crippen molar-refractivity contribution in [3.05, 3.63) is 24.6 Å². The second-order valence-electron chi connectivity index (χ2n) is 3.24. The van der Waals surface area contributed by atoms with Gasteiger partial charge in [-0.25, -0.2) is 4.39 Å². The molecule has 0 saturated heterocycles. The highest BCUT2D eigenvalue weighted by molar-refractivity contribution is 5.07. The van der Waals surface area contributed by atoms with Crippen LogP contribution in [0.25, 0.3) is 0 Å². The Kier molecular flexibility index (Phi) is 6.21. The van der Waals surface area contributed by atoms with Crippen LogP contribution in [0, 0.1) is 0 Å². The molecule has 0 aromatic rings. The fourth-order valence-corrected chi connectivity index (χ4v) is 1.06. The zero-order valence-corrected chi connectivity index (χ0v) is 8.46. The summed E-state index contributed by atoms with van der Waals surface area (Å²) in [5.74, 6) is -7.73. The van der Waals surface area contributed by atoms with Crippen molar-refractivity contribution in [3.63, 3.8) is 0 Å². The average Bonchev–Trinajstić information content (AvgIpc) is 2.22. The Hall–Kier alpha value is -0.940. The molecule has 0 nitrogen and oxygen atoms in total. The third-order valence-corrected chi connectivity index (χ3v) is 1.97. The quantitative estimate of drug-likeness (QED) is 0.344. The molecule has 0 aliphatic heterocycles. The van der Waals surface area contributed by atoms with Crippen molar-refractivity contribution in [2.24, 2.45) is 0 Å². The number of hydrogen-bond acceptors (Lipinski definition) is 0. The van der Waals surface area contributed by atoms with Gasteiger partial charge in [0.1, 0.15) is 0 Å². The smallest absolute Gasteiger partial charge is 0.240 e. The molecule has 0 rings (SSSR count). The van der Waals surface area contributed by atoms with Crippen molar-refractivity contribution in [2.45, 2.75) is 37.8 Å². The summed E-state index contributed by atoms with van der Waals surface area (Å²) >= 11 is 0. The van der Waals surface area contributed by atoms with Crippen molar-refractivity contribution in [2.75, 3.05) is 0 Å².